The molecule has 1 atom stereocenters. The van der Waals surface area contributed by atoms with E-state index in [1.165, 1.54) is 13.0 Å². The van der Waals surface area contributed by atoms with E-state index in [0.717, 1.165) is 16.3 Å². The third-order valence-corrected chi connectivity index (χ3v) is 4.29. The summed E-state index contributed by atoms with van der Waals surface area (Å²) in [5, 5.41) is 14.5. The fourth-order valence-electron chi connectivity index (χ4n) is 2.79. The highest BCUT2D eigenvalue weighted by atomic mass is 16.5. The minimum atomic E-state index is -0.959. The maximum atomic E-state index is 12.4. The first-order valence-electron chi connectivity index (χ1n) is 8.79. The van der Waals surface area contributed by atoms with Gasteiger partial charge in [-0.15, -0.1) is 0 Å². The van der Waals surface area contributed by atoms with E-state index in [1.807, 2.05) is 54.6 Å². The molecular weight excluding hydrogens is 342 g/mol. The van der Waals surface area contributed by atoms with Crippen LogP contribution >= 0.6 is 0 Å². The molecule has 3 aromatic carbocycles. The van der Waals surface area contributed by atoms with Gasteiger partial charge >= 0.3 is 5.97 Å². The van der Waals surface area contributed by atoms with Crippen LogP contribution in [0.4, 0.5) is 0 Å². The Kier molecular flexibility index (Phi) is 5.71. The molecule has 5 nitrogen and oxygen atoms in total. The van der Waals surface area contributed by atoms with Crippen LogP contribution in [0, 0.1) is 0 Å². The fourth-order valence-corrected chi connectivity index (χ4v) is 2.79. The van der Waals surface area contributed by atoms with Gasteiger partial charge in [0.2, 0.25) is 0 Å². The van der Waals surface area contributed by atoms with Gasteiger partial charge in [0.05, 0.1) is 0 Å². The van der Waals surface area contributed by atoms with Crippen LogP contribution in [-0.4, -0.2) is 29.6 Å². The lowest BCUT2D eigenvalue weighted by atomic mass is 10.1. The summed E-state index contributed by atoms with van der Waals surface area (Å²) in [6, 6.07) is 20.2. The molecule has 1 unspecified atom stereocenters. The van der Waals surface area contributed by atoms with Gasteiger partial charge in [-0.2, -0.15) is 0 Å². The molecular formula is C22H21NO4. The highest BCUT2D eigenvalue weighted by Gasteiger charge is 2.21. The van der Waals surface area contributed by atoms with Crippen LogP contribution in [0.15, 0.2) is 66.7 Å². The molecule has 0 heterocycles. The molecule has 0 aliphatic heterocycles. The number of fused-ring (bicyclic) bond motifs is 1. The first-order chi connectivity index (χ1) is 13.0. The number of carbonyl (C=O) groups is 2. The van der Waals surface area contributed by atoms with Crippen molar-refractivity contribution >= 4 is 22.6 Å². The van der Waals surface area contributed by atoms with Crippen LogP contribution in [0.2, 0.25) is 0 Å². The summed E-state index contributed by atoms with van der Waals surface area (Å²) in [5.74, 6) is -1.28. The molecule has 0 aliphatic carbocycles. The summed E-state index contributed by atoms with van der Waals surface area (Å²) < 4.78 is 5.22. The average Bonchev–Trinajstić information content (AvgIpc) is 2.68. The molecule has 3 aromatic rings. The highest BCUT2D eigenvalue weighted by Crippen LogP contribution is 2.25. The van der Waals surface area contributed by atoms with Crippen molar-refractivity contribution in [3.05, 3.63) is 77.9 Å². The Labute approximate surface area is 157 Å². The van der Waals surface area contributed by atoms with Crippen LogP contribution < -0.4 is 5.32 Å². The monoisotopic (exact) mass is 363 g/mol. The lowest BCUT2D eigenvalue weighted by Crippen LogP contribution is -2.36. The molecule has 0 radical (unpaired) electrons. The molecule has 1 amide bonds. The molecule has 138 valence electrons. The van der Waals surface area contributed by atoms with Crippen LogP contribution in [0.5, 0.6) is 5.75 Å². The van der Waals surface area contributed by atoms with Gasteiger partial charge in [-0.25, -0.2) is 4.79 Å². The van der Waals surface area contributed by atoms with E-state index in [1.54, 1.807) is 6.07 Å². The third-order valence-electron chi connectivity index (χ3n) is 4.29. The van der Waals surface area contributed by atoms with Crippen molar-refractivity contribution < 1.29 is 19.4 Å². The zero-order valence-corrected chi connectivity index (χ0v) is 15.0. The summed E-state index contributed by atoms with van der Waals surface area (Å²) >= 11 is 0. The molecule has 5 heteroatoms. The molecule has 2 N–H and O–H groups in total. The molecule has 0 aliphatic rings. The normalized spacial score (nSPS) is 11.7. The molecule has 0 saturated carbocycles. The second-order valence-electron chi connectivity index (χ2n) is 6.29. The Bertz CT molecular complexity index is 953. The van der Waals surface area contributed by atoms with E-state index in [9.17, 15) is 14.7 Å². The van der Waals surface area contributed by atoms with Gasteiger partial charge in [-0.1, -0.05) is 54.6 Å². The van der Waals surface area contributed by atoms with Gasteiger partial charge in [0, 0.05) is 6.54 Å². The van der Waals surface area contributed by atoms with E-state index in [0.29, 0.717) is 13.0 Å². The Morgan fingerprint density at radius 1 is 1.00 bits per heavy atom. The minimum absolute atomic E-state index is 0.0395. The third kappa shape index (κ3) is 4.64. The van der Waals surface area contributed by atoms with Crippen molar-refractivity contribution in [2.24, 2.45) is 0 Å². The predicted octanol–water partition coefficient (Wildman–Crippen LogP) is 3.45. The summed E-state index contributed by atoms with van der Waals surface area (Å²) in [6.45, 7) is 1.96. The van der Waals surface area contributed by atoms with E-state index in [-0.39, 0.29) is 17.2 Å². The molecule has 0 fully saturated rings. The van der Waals surface area contributed by atoms with E-state index in [2.05, 4.69) is 5.32 Å². The van der Waals surface area contributed by atoms with E-state index < -0.39 is 12.1 Å². The number of rotatable bonds is 6. The number of nitrogens with one attached hydrogen (secondary N) is 1. The van der Waals surface area contributed by atoms with Crippen molar-refractivity contribution in [1.82, 2.24) is 5.32 Å². The van der Waals surface area contributed by atoms with Gasteiger partial charge in [0.25, 0.3) is 5.91 Å². The number of phenolic OH excluding ortho intramolecular Hbond substituents is 1. The zero-order chi connectivity index (χ0) is 19.2. The minimum Gasteiger partial charge on any atom is -0.507 e. The molecule has 0 bridgehead atoms. The second kappa shape index (κ2) is 8.36. The first kappa shape index (κ1) is 18.5. The van der Waals surface area contributed by atoms with Crippen LogP contribution in [0.1, 0.15) is 22.8 Å². The summed E-state index contributed by atoms with van der Waals surface area (Å²) in [4.78, 5) is 24.5. The van der Waals surface area contributed by atoms with E-state index >= 15 is 0 Å². The van der Waals surface area contributed by atoms with Crippen LogP contribution in [0.3, 0.4) is 0 Å². The second-order valence-corrected chi connectivity index (χ2v) is 6.29. The standard InChI is InChI=1S/C22H21NO4/c1-15(21(25)23-12-11-16-7-3-2-4-8-16)27-22(26)19-13-17-9-5-6-10-18(17)14-20(19)24/h2-10,13-15,24H,11-12H2,1H3,(H,23,25). The van der Waals surface area contributed by atoms with Crippen molar-refractivity contribution in [3.63, 3.8) is 0 Å². The quantitative estimate of drug-likeness (QED) is 0.658. The van der Waals surface area contributed by atoms with Gasteiger partial charge in [-0.3, -0.25) is 4.79 Å². The Morgan fingerprint density at radius 3 is 2.33 bits per heavy atom. The zero-order valence-electron chi connectivity index (χ0n) is 15.0. The Hall–Kier alpha value is -3.34. The van der Waals surface area contributed by atoms with Crippen molar-refractivity contribution in [3.8, 4) is 5.75 Å². The predicted molar refractivity (Wildman–Crippen MR) is 104 cm³/mol. The number of carbonyl (C=O) groups excluding carboxylic acids is 2. The largest absolute Gasteiger partial charge is 0.507 e. The van der Waals surface area contributed by atoms with Crippen LogP contribution in [-0.2, 0) is 16.0 Å². The number of amides is 1. The molecule has 27 heavy (non-hydrogen) atoms. The maximum absolute atomic E-state index is 12.4. The number of aromatic hydroxyl groups is 1. The fraction of sp³-hybridized carbons (Fsp3) is 0.182. The van der Waals surface area contributed by atoms with Crippen molar-refractivity contribution in [1.29, 1.82) is 0 Å². The number of hydrogen-bond donors (Lipinski definition) is 2. The number of phenols is 1. The molecule has 0 saturated heterocycles. The summed E-state index contributed by atoms with van der Waals surface area (Å²) in [6.07, 6.45) is -0.266. The van der Waals surface area contributed by atoms with Gasteiger partial charge in [0.15, 0.2) is 6.10 Å². The first-order valence-corrected chi connectivity index (χ1v) is 8.79. The van der Waals surface area contributed by atoms with Crippen LogP contribution in [0.25, 0.3) is 10.8 Å². The highest BCUT2D eigenvalue weighted by molar-refractivity contribution is 5.99. The smallest absolute Gasteiger partial charge is 0.342 e. The molecule has 0 aromatic heterocycles. The lowest BCUT2D eigenvalue weighted by molar-refractivity contribution is -0.129. The van der Waals surface area contributed by atoms with Gasteiger partial charge in [-0.05, 0) is 41.8 Å². The summed E-state index contributed by atoms with van der Waals surface area (Å²) in [5.41, 5.74) is 1.15. The topological polar surface area (TPSA) is 75.6 Å². The Balaban J connectivity index is 1.58. The van der Waals surface area contributed by atoms with Crippen molar-refractivity contribution in [2.45, 2.75) is 19.4 Å². The number of benzene rings is 3. The van der Waals surface area contributed by atoms with Crippen molar-refractivity contribution in [2.75, 3.05) is 6.54 Å². The van der Waals surface area contributed by atoms with E-state index in [4.69, 9.17) is 4.74 Å². The number of esters is 1. The van der Waals surface area contributed by atoms with Gasteiger partial charge in [0.1, 0.15) is 11.3 Å². The molecule has 3 rings (SSSR count). The SMILES string of the molecule is CC(OC(=O)c1cc2ccccc2cc1O)C(=O)NCCc1ccccc1. The number of ether oxygens (including phenoxy) is 1. The lowest BCUT2D eigenvalue weighted by Gasteiger charge is -2.14. The summed E-state index contributed by atoms with van der Waals surface area (Å²) in [7, 11) is 0. The Morgan fingerprint density at radius 2 is 1.63 bits per heavy atom. The average molecular weight is 363 g/mol. The number of hydrogen-bond acceptors (Lipinski definition) is 4. The maximum Gasteiger partial charge on any atom is 0.342 e. The van der Waals surface area contributed by atoms with Gasteiger partial charge < -0.3 is 15.2 Å². The molecule has 0 spiro atoms.